The van der Waals surface area contributed by atoms with Crippen LogP contribution in [0, 0.1) is 0 Å². The Bertz CT molecular complexity index is 122. The molecule has 0 aromatic heterocycles. The van der Waals surface area contributed by atoms with Gasteiger partial charge in [-0.3, -0.25) is 0 Å². The van der Waals surface area contributed by atoms with Gasteiger partial charge in [-0.2, -0.15) is 0 Å². The Morgan fingerprint density at radius 1 is 1.46 bits per heavy atom. The first-order valence-corrected chi connectivity index (χ1v) is 3.94. The van der Waals surface area contributed by atoms with E-state index in [0.717, 1.165) is 12.5 Å². The molecule has 3 N–H and O–H groups in total. The molecule has 4 heteroatoms. The third-order valence-corrected chi connectivity index (χ3v) is 0.615. The van der Waals surface area contributed by atoms with Crippen molar-refractivity contribution in [1.29, 1.82) is 0 Å². The smallest absolute Gasteiger partial charge is 0.330 e. The number of carbonyl (C=O) groups excluding carboxylic acids is 1. The molecule has 0 atom stereocenters. The molecule has 0 aliphatic rings. The molecule has 0 bridgehead atoms. The summed E-state index contributed by atoms with van der Waals surface area (Å²) in [6.07, 6.45) is 2.02. The average molecular weight is 190 g/mol. The van der Waals surface area contributed by atoms with E-state index in [1.54, 1.807) is 0 Å². The second kappa shape index (κ2) is 13.7. The Hall–Kier alpha value is -0.870. The molecule has 0 aliphatic heterocycles. The van der Waals surface area contributed by atoms with Crippen molar-refractivity contribution >= 4 is 5.97 Å². The van der Waals surface area contributed by atoms with Crippen molar-refractivity contribution < 1.29 is 9.53 Å². The van der Waals surface area contributed by atoms with E-state index in [-0.39, 0.29) is 12.1 Å². The van der Waals surface area contributed by atoms with Crippen LogP contribution >= 0.6 is 0 Å². The topological polar surface area (TPSA) is 64.5 Å². The maximum absolute atomic E-state index is 10.2. The summed E-state index contributed by atoms with van der Waals surface area (Å²) in [7, 11) is 6.00. The molecule has 0 unspecified atom stereocenters. The lowest BCUT2D eigenvalue weighted by atomic mass is 10.5. The van der Waals surface area contributed by atoms with Crippen LogP contribution < -0.4 is 6.15 Å². The zero-order chi connectivity index (χ0) is 9.98. The molecule has 0 saturated carbocycles. The summed E-state index contributed by atoms with van der Waals surface area (Å²) in [6.45, 7) is 5.67. The molecular weight excluding hydrogens is 168 g/mol. The highest BCUT2D eigenvalue weighted by molar-refractivity contribution is 5.81. The van der Waals surface area contributed by atoms with Gasteiger partial charge in [0, 0.05) is 6.08 Å². The zero-order valence-electron chi connectivity index (χ0n) is 9.17. The maximum Gasteiger partial charge on any atom is 0.330 e. The van der Waals surface area contributed by atoms with E-state index in [0.29, 0.717) is 6.61 Å². The zero-order valence-corrected chi connectivity index (χ0v) is 9.17. The van der Waals surface area contributed by atoms with Crippen molar-refractivity contribution in [2.45, 2.75) is 13.3 Å². The summed E-state index contributed by atoms with van der Waals surface area (Å²) < 4.78 is 4.58. The van der Waals surface area contributed by atoms with Gasteiger partial charge in [0.1, 0.15) is 0 Å². The molecule has 0 rings (SSSR count). The minimum atomic E-state index is -0.341. The number of nitrogens with zero attached hydrogens (tertiary/aromatic N) is 1. The summed E-state index contributed by atoms with van der Waals surface area (Å²) >= 11 is 0. The van der Waals surface area contributed by atoms with E-state index >= 15 is 0 Å². The van der Waals surface area contributed by atoms with Crippen molar-refractivity contribution in [3.05, 3.63) is 12.7 Å². The van der Waals surface area contributed by atoms with Gasteiger partial charge in [0.15, 0.2) is 0 Å². The van der Waals surface area contributed by atoms with Gasteiger partial charge >= 0.3 is 5.97 Å². The molecule has 0 radical (unpaired) electrons. The summed E-state index contributed by atoms with van der Waals surface area (Å²) in [5.74, 6) is -0.341. The van der Waals surface area contributed by atoms with E-state index in [9.17, 15) is 4.79 Å². The lowest BCUT2D eigenvalue weighted by Gasteiger charge is -1.94. The highest BCUT2D eigenvalue weighted by Crippen LogP contribution is 1.81. The number of rotatable bonds is 3. The van der Waals surface area contributed by atoms with Gasteiger partial charge in [-0.25, -0.2) is 4.79 Å². The number of hydrogen-bond donors (Lipinski definition) is 1. The third-order valence-electron chi connectivity index (χ3n) is 0.615. The number of carbonyl (C=O) groups is 1. The minimum Gasteiger partial charge on any atom is -0.463 e. The second-order valence-electron chi connectivity index (χ2n) is 2.71. The Kier molecular flexibility index (Phi) is 19.0. The van der Waals surface area contributed by atoms with Crippen LogP contribution in [-0.4, -0.2) is 38.6 Å². The third kappa shape index (κ3) is 35.3. The molecule has 4 nitrogen and oxygen atoms in total. The summed E-state index contributed by atoms with van der Waals surface area (Å²) in [5, 5.41) is 0. The summed E-state index contributed by atoms with van der Waals surface area (Å²) in [5.41, 5.74) is 0. The van der Waals surface area contributed by atoms with Crippen LogP contribution in [0.1, 0.15) is 13.3 Å². The van der Waals surface area contributed by atoms with E-state index in [1.165, 1.54) is 0 Å². The van der Waals surface area contributed by atoms with Gasteiger partial charge in [-0.1, -0.05) is 13.5 Å². The lowest BCUT2D eigenvalue weighted by molar-refractivity contribution is -0.137. The van der Waals surface area contributed by atoms with Crippen LogP contribution in [0.5, 0.6) is 0 Å². The Morgan fingerprint density at radius 2 is 1.85 bits per heavy atom. The van der Waals surface area contributed by atoms with Gasteiger partial charge in [-0.15, -0.1) is 0 Å². The van der Waals surface area contributed by atoms with Crippen molar-refractivity contribution in [3.8, 4) is 0 Å². The average Bonchev–Trinajstić information content (AvgIpc) is 1.99. The van der Waals surface area contributed by atoms with E-state index in [4.69, 9.17) is 0 Å². The van der Waals surface area contributed by atoms with Crippen LogP contribution in [-0.2, 0) is 9.53 Å². The molecule has 0 heterocycles. The number of esters is 1. The molecule has 0 saturated heterocycles. The standard InChI is InChI=1S/C6H10O2.C3H9N.H3N/c1-3-5-8-6(7)4-2;1-4(2)3;/h4H,2-3,5H2,1H3;1-3H3;1H3. The maximum atomic E-state index is 10.2. The van der Waals surface area contributed by atoms with Gasteiger partial charge in [0.05, 0.1) is 6.61 Å². The fourth-order valence-corrected chi connectivity index (χ4v) is 0.262. The van der Waals surface area contributed by atoms with Gasteiger partial charge in [0.25, 0.3) is 0 Å². The van der Waals surface area contributed by atoms with Crippen LogP contribution in [0.15, 0.2) is 12.7 Å². The van der Waals surface area contributed by atoms with Crippen molar-refractivity contribution in [3.63, 3.8) is 0 Å². The predicted octanol–water partition coefficient (Wildman–Crippen LogP) is 1.47. The quantitative estimate of drug-likeness (QED) is 0.540. The number of hydrogen-bond acceptors (Lipinski definition) is 4. The highest BCUT2D eigenvalue weighted by Gasteiger charge is 1.89. The van der Waals surface area contributed by atoms with Crippen LogP contribution in [0.4, 0.5) is 0 Å². The minimum absolute atomic E-state index is 0. The molecule has 0 fully saturated rings. The second-order valence-corrected chi connectivity index (χ2v) is 2.71. The first-order valence-electron chi connectivity index (χ1n) is 3.94. The SMILES string of the molecule is C=CC(=O)OCCC.CN(C)C.N. The molecular formula is C9H22N2O2. The molecule has 0 aliphatic carbocycles. The molecule has 13 heavy (non-hydrogen) atoms. The van der Waals surface area contributed by atoms with Gasteiger partial charge in [-0.05, 0) is 27.6 Å². The normalized spacial score (nSPS) is 7.77. The Balaban J connectivity index is -0.000000173. The molecule has 0 spiro atoms. The first kappa shape index (κ1) is 18.0. The van der Waals surface area contributed by atoms with Crippen LogP contribution in [0.25, 0.3) is 0 Å². The Labute approximate surface area is 81.1 Å². The van der Waals surface area contributed by atoms with E-state index in [1.807, 2.05) is 33.0 Å². The molecule has 0 aromatic carbocycles. The van der Waals surface area contributed by atoms with E-state index < -0.39 is 0 Å². The van der Waals surface area contributed by atoms with Gasteiger partial charge < -0.3 is 15.8 Å². The Morgan fingerprint density at radius 3 is 2.08 bits per heavy atom. The van der Waals surface area contributed by atoms with Gasteiger partial charge in [0.2, 0.25) is 0 Å². The molecule has 80 valence electrons. The summed E-state index contributed by atoms with van der Waals surface area (Å²) in [6, 6.07) is 0. The first-order chi connectivity index (χ1) is 5.54. The highest BCUT2D eigenvalue weighted by atomic mass is 16.5. The lowest BCUT2D eigenvalue weighted by Crippen LogP contribution is -1.99. The predicted molar refractivity (Wildman–Crippen MR) is 56.1 cm³/mol. The van der Waals surface area contributed by atoms with Crippen molar-refractivity contribution in [2.75, 3.05) is 27.7 Å². The van der Waals surface area contributed by atoms with Crippen molar-refractivity contribution in [1.82, 2.24) is 11.1 Å². The van der Waals surface area contributed by atoms with E-state index in [2.05, 4.69) is 11.3 Å². The van der Waals surface area contributed by atoms with Crippen LogP contribution in [0.3, 0.4) is 0 Å². The van der Waals surface area contributed by atoms with Crippen molar-refractivity contribution in [2.24, 2.45) is 0 Å². The fourth-order valence-electron chi connectivity index (χ4n) is 0.262. The molecule has 0 aromatic rings. The summed E-state index contributed by atoms with van der Waals surface area (Å²) in [4.78, 5) is 12.2. The number of ether oxygens (including phenoxy) is 1. The largest absolute Gasteiger partial charge is 0.463 e. The molecule has 0 amide bonds. The van der Waals surface area contributed by atoms with Crippen LogP contribution in [0.2, 0.25) is 0 Å². The fraction of sp³-hybridized carbons (Fsp3) is 0.667. The monoisotopic (exact) mass is 190 g/mol.